The highest BCUT2D eigenvalue weighted by molar-refractivity contribution is 5.82. The second kappa shape index (κ2) is 5.55. The number of amides is 1. The molecule has 0 saturated carbocycles. The fourth-order valence-electron chi connectivity index (χ4n) is 3.52. The second-order valence-corrected chi connectivity index (χ2v) is 5.69. The molecule has 2 unspecified atom stereocenters. The van der Waals surface area contributed by atoms with E-state index in [0.717, 1.165) is 39.1 Å². The van der Waals surface area contributed by atoms with Gasteiger partial charge in [0.15, 0.2) is 0 Å². The lowest BCUT2D eigenvalue weighted by Crippen LogP contribution is -2.50. The maximum absolute atomic E-state index is 11.7. The Labute approximate surface area is 109 Å². The van der Waals surface area contributed by atoms with Gasteiger partial charge in [0, 0.05) is 51.9 Å². The molecule has 5 nitrogen and oxygen atoms in total. The molecule has 0 aromatic heterocycles. The Morgan fingerprint density at radius 1 is 1.17 bits per heavy atom. The lowest BCUT2D eigenvalue weighted by Gasteiger charge is -2.37. The normalized spacial score (nSPS) is 34.3. The van der Waals surface area contributed by atoms with Crippen molar-refractivity contribution in [3.8, 4) is 0 Å². The highest BCUT2D eigenvalue weighted by atomic mass is 16.2. The van der Waals surface area contributed by atoms with Gasteiger partial charge in [0.05, 0.1) is 5.92 Å². The molecule has 1 amide bonds. The molecule has 2 atom stereocenters. The van der Waals surface area contributed by atoms with Crippen LogP contribution in [0.3, 0.4) is 0 Å². The molecule has 102 valence electrons. The number of rotatable bonds is 3. The summed E-state index contributed by atoms with van der Waals surface area (Å²) in [6, 6.07) is 0.467. The summed E-state index contributed by atoms with van der Waals surface area (Å²) in [5, 5.41) is 6.41. The maximum atomic E-state index is 11.7. The number of nitrogens with zero attached hydrogens (tertiary/aromatic N) is 2. The van der Waals surface area contributed by atoms with Gasteiger partial charge in [-0.3, -0.25) is 14.6 Å². The van der Waals surface area contributed by atoms with Crippen LogP contribution in [0.15, 0.2) is 0 Å². The fraction of sp³-hybridized carbons (Fsp3) is 0.923. The Bertz CT molecular complexity index is 303. The van der Waals surface area contributed by atoms with E-state index in [1.54, 1.807) is 0 Å². The summed E-state index contributed by atoms with van der Waals surface area (Å²) in [5.41, 5.74) is 0. The molecule has 18 heavy (non-hydrogen) atoms. The van der Waals surface area contributed by atoms with Crippen molar-refractivity contribution in [3.63, 3.8) is 0 Å². The molecule has 3 saturated heterocycles. The van der Waals surface area contributed by atoms with E-state index in [4.69, 9.17) is 0 Å². The topological polar surface area (TPSA) is 47.6 Å². The Balaban J connectivity index is 1.50. The molecule has 3 aliphatic rings. The lowest BCUT2D eigenvalue weighted by molar-refractivity contribution is -0.124. The molecule has 0 spiro atoms. The Hall–Kier alpha value is -0.650. The minimum absolute atomic E-state index is 0.266. The van der Waals surface area contributed by atoms with Gasteiger partial charge in [-0.05, 0) is 19.4 Å². The van der Waals surface area contributed by atoms with Gasteiger partial charge >= 0.3 is 0 Å². The summed E-state index contributed by atoms with van der Waals surface area (Å²) in [6.07, 6.45) is 2.26. The van der Waals surface area contributed by atoms with Crippen molar-refractivity contribution < 1.29 is 4.79 Å². The number of nitrogens with one attached hydrogen (secondary N) is 2. The Morgan fingerprint density at radius 3 is 2.83 bits per heavy atom. The van der Waals surface area contributed by atoms with Crippen LogP contribution in [0, 0.1) is 5.92 Å². The third-order valence-electron chi connectivity index (χ3n) is 4.63. The SMILES string of the molecule is O=C1NCC2C1CCCN2CCN1CCNCC1. The zero-order valence-corrected chi connectivity index (χ0v) is 11.0. The fourth-order valence-corrected chi connectivity index (χ4v) is 3.52. The Morgan fingerprint density at radius 2 is 2.00 bits per heavy atom. The van der Waals surface area contributed by atoms with E-state index in [1.807, 2.05) is 0 Å². The molecule has 0 aromatic carbocycles. The standard InChI is InChI=1S/C13H24N4O/c18-13-11-2-1-5-17(12(11)10-15-13)9-8-16-6-3-14-4-7-16/h11-12,14H,1-10H2,(H,15,18). The summed E-state index contributed by atoms with van der Waals surface area (Å²) in [5.74, 6) is 0.550. The van der Waals surface area contributed by atoms with E-state index < -0.39 is 0 Å². The quantitative estimate of drug-likeness (QED) is 0.683. The summed E-state index contributed by atoms with van der Waals surface area (Å²) >= 11 is 0. The monoisotopic (exact) mass is 252 g/mol. The van der Waals surface area contributed by atoms with E-state index >= 15 is 0 Å². The predicted octanol–water partition coefficient (Wildman–Crippen LogP) is -0.898. The van der Waals surface area contributed by atoms with Crippen molar-refractivity contribution >= 4 is 5.91 Å². The number of carbonyl (C=O) groups excluding carboxylic acids is 1. The number of fused-ring (bicyclic) bond motifs is 1. The van der Waals surface area contributed by atoms with Crippen LogP contribution in [0.5, 0.6) is 0 Å². The molecular formula is C13H24N4O. The van der Waals surface area contributed by atoms with E-state index in [2.05, 4.69) is 20.4 Å². The number of carbonyl (C=O) groups is 1. The molecule has 3 fully saturated rings. The summed E-state index contributed by atoms with van der Waals surface area (Å²) in [6.45, 7) is 8.87. The van der Waals surface area contributed by atoms with Gasteiger partial charge in [0.25, 0.3) is 0 Å². The summed E-state index contributed by atoms with van der Waals surface area (Å²) in [7, 11) is 0. The number of hydrogen-bond acceptors (Lipinski definition) is 4. The first-order chi connectivity index (χ1) is 8.84. The van der Waals surface area contributed by atoms with Crippen molar-refractivity contribution in [1.82, 2.24) is 20.4 Å². The zero-order chi connectivity index (χ0) is 12.4. The average Bonchev–Trinajstić information content (AvgIpc) is 2.80. The van der Waals surface area contributed by atoms with Gasteiger partial charge in [-0.15, -0.1) is 0 Å². The van der Waals surface area contributed by atoms with Crippen molar-refractivity contribution in [2.75, 3.05) is 52.4 Å². The molecule has 0 aliphatic carbocycles. The van der Waals surface area contributed by atoms with Crippen molar-refractivity contribution in [1.29, 1.82) is 0 Å². The summed E-state index contributed by atoms with van der Waals surface area (Å²) < 4.78 is 0. The molecule has 0 bridgehead atoms. The van der Waals surface area contributed by atoms with Gasteiger partial charge in [-0.2, -0.15) is 0 Å². The van der Waals surface area contributed by atoms with Crippen molar-refractivity contribution in [3.05, 3.63) is 0 Å². The van der Waals surface area contributed by atoms with Gasteiger partial charge in [0.2, 0.25) is 5.91 Å². The molecule has 0 radical (unpaired) electrons. The van der Waals surface area contributed by atoms with Gasteiger partial charge < -0.3 is 10.6 Å². The number of piperidine rings is 1. The summed E-state index contributed by atoms with van der Waals surface area (Å²) in [4.78, 5) is 16.8. The van der Waals surface area contributed by atoms with E-state index in [-0.39, 0.29) is 11.8 Å². The third kappa shape index (κ3) is 2.53. The molecule has 2 N–H and O–H groups in total. The van der Waals surface area contributed by atoms with Crippen LogP contribution in [-0.2, 0) is 4.79 Å². The van der Waals surface area contributed by atoms with Crippen LogP contribution in [0.2, 0.25) is 0 Å². The average molecular weight is 252 g/mol. The number of likely N-dealkylation sites (tertiary alicyclic amines) is 1. The molecule has 5 heteroatoms. The van der Waals surface area contributed by atoms with Crippen molar-refractivity contribution in [2.24, 2.45) is 5.92 Å². The third-order valence-corrected chi connectivity index (χ3v) is 4.63. The number of piperazine rings is 1. The van der Waals surface area contributed by atoms with Gasteiger partial charge in [-0.25, -0.2) is 0 Å². The molecule has 0 aromatic rings. The van der Waals surface area contributed by atoms with Crippen LogP contribution >= 0.6 is 0 Å². The molecule has 3 aliphatic heterocycles. The van der Waals surface area contributed by atoms with Crippen LogP contribution in [0.25, 0.3) is 0 Å². The van der Waals surface area contributed by atoms with Crippen LogP contribution in [0.4, 0.5) is 0 Å². The Kier molecular flexibility index (Phi) is 3.82. The number of hydrogen-bond donors (Lipinski definition) is 2. The minimum atomic E-state index is 0.266. The van der Waals surface area contributed by atoms with E-state index in [9.17, 15) is 4.79 Å². The smallest absolute Gasteiger partial charge is 0.224 e. The lowest BCUT2D eigenvalue weighted by atomic mass is 9.91. The van der Waals surface area contributed by atoms with Crippen molar-refractivity contribution in [2.45, 2.75) is 18.9 Å². The van der Waals surface area contributed by atoms with Gasteiger partial charge in [-0.1, -0.05) is 0 Å². The molecule has 3 rings (SSSR count). The first-order valence-corrected chi connectivity index (χ1v) is 7.29. The molecular weight excluding hydrogens is 228 g/mol. The molecule has 3 heterocycles. The predicted molar refractivity (Wildman–Crippen MR) is 70.4 cm³/mol. The second-order valence-electron chi connectivity index (χ2n) is 5.69. The first-order valence-electron chi connectivity index (χ1n) is 7.29. The zero-order valence-electron chi connectivity index (χ0n) is 11.0. The van der Waals surface area contributed by atoms with Gasteiger partial charge in [0.1, 0.15) is 0 Å². The largest absolute Gasteiger partial charge is 0.354 e. The highest BCUT2D eigenvalue weighted by Gasteiger charge is 2.40. The minimum Gasteiger partial charge on any atom is -0.354 e. The van der Waals surface area contributed by atoms with E-state index in [1.165, 1.54) is 26.1 Å². The first kappa shape index (κ1) is 12.4. The highest BCUT2D eigenvalue weighted by Crippen LogP contribution is 2.26. The van der Waals surface area contributed by atoms with E-state index in [0.29, 0.717) is 6.04 Å². The van der Waals surface area contributed by atoms with Crippen LogP contribution < -0.4 is 10.6 Å². The van der Waals surface area contributed by atoms with Crippen LogP contribution in [-0.4, -0.2) is 74.1 Å². The van der Waals surface area contributed by atoms with Crippen LogP contribution in [0.1, 0.15) is 12.8 Å². The maximum Gasteiger partial charge on any atom is 0.224 e.